The van der Waals surface area contributed by atoms with E-state index in [1.54, 1.807) is 18.2 Å². The lowest BCUT2D eigenvalue weighted by Gasteiger charge is -2.10. The van der Waals surface area contributed by atoms with Crippen LogP contribution in [0, 0.1) is 0 Å². The van der Waals surface area contributed by atoms with Crippen molar-refractivity contribution in [1.29, 1.82) is 0 Å². The smallest absolute Gasteiger partial charge is 0.355 e. The molecule has 0 aliphatic heterocycles. The normalized spacial score (nSPS) is 10.5. The molecular weight excluding hydrogens is 346 g/mol. The second-order valence-electron chi connectivity index (χ2n) is 5.07. The van der Waals surface area contributed by atoms with E-state index in [4.69, 9.17) is 21.4 Å². The van der Waals surface area contributed by atoms with Gasteiger partial charge in [-0.3, -0.25) is 0 Å². The molecule has 2 aromatic carbocycles. The number of benzene rings is 2. The topological polar surface area (TPSA) is 59.4 Å². The third kappa shape index (κ3) is 3.93. The van der Waals surface area contributed by atoms with Gasteiger partial charge in [0.15, 0.2) is 5.69 Å². The number of halogens is 1. The average Bonchev–Trinajstić information content (AvgIpc) is 3.07. The van der Waals surface area contributed by atoms with Crippen LogP contribution < -0.4 is 4.74 Å². The highest BCUT2D eigenvalue weighted by Gasteiger charge is 2.14. The van der Waals surface area contributed by atoms with Crippen LogP contribution >= 0.6 is 22.9 Å². The minimum atomic E-state index is -1.05. The number of ether oxygens (including phenoxy) is 1. The first-order valence-electron chi connectivity index (χ1n) is 7.29. The van der Waals surface area contributed by atoms with Crippen LogP contribution in [-0.4, -0.2) is 22.7 Å². The maximum Gasteiger partial charge on any atom is 0.355 e. The lowest BCUT2D eigenvalue weighted by molar-refractivity contribution is 0.0691. The van der Waals surface area contributed by atoms with Crippen molar-refractivity contribution in [1.82, 2.24) is 4.98 Å². The second-order valence-corrected chi connectivity index (χ2v) is 6.36. The van der Waals surface area contributed by atoms with Gasteiger partial charge in [-0.25, -0.2) is 9.78 Å². The molecule has 1 N–H and O–H groups in total. The predicted molar refractivity (Wildman–Crippen MR) is 95.2 cm³/mol. The van der Waals surface area contributed by atoms with Gasteiger partial charge in [0.05, 0.1) is 12.2 Å². The van der Waals surface area contributed by atoms with Gasteiger partial charge in [0.2, 0.25) is 0 Å². The Bertz CT molecular complexity index is 848. The van der Waals surface area contributed by atoms with Crippen molar-refractivity contribution in [2.24, 2.45) is 0 Å². The van der Waals surface area contributed by atoms with E-state index >= 15 is 0 Å². The summed E-state index contributed by atoms with van der Waals surface area (Å²) in [5, 5.41) is 11.7. The van der Waals surface area contributed by atoms with Gasteiger partial charge in [-0.1, -0.05) is 41.9 Å². The van der Waals surface area contributed by atoms with Crippen molar-refractivity contribution in [3.05, 3.63) is 70.2 Å². The van der Waals surface area contributed by atoms with Crippen molar-refractivity contribution in [2.75, 3.05) is 6.61 Å². The Labute approximate surface area is 148 Å². The van der Waals surface area contributed by atoms with E-state index in [-0.39, 0.29) is 5.69 Å². The molecule has 0 amide bonds. The van der Waals surface area contributed by atoms with Crippen LogP contribution in [0.25, 0.3) is 10.6 Å². The Hall–Kier alpha value is -2.37. The molecule has 6 heteroatoms. The fraction of sp³-hybridized carbons (Fsp3) is 0.111. The van der Waals surface area contributed by atoms with Gasteiger partial charge in [-0.15, -0.1) is 11.3 Å². The largest absolute Gasteiger partial charge is 0.493 e. The molecule has 0 saturated heterocycles. The molecule has 3 rings (SSSR count). The summed E-state index contributed by atoms with van der Waals surface area (Å²) in [6.07, 6.45) is 0.779. The first-order valence-corrected chi connectivity index (χ1v) is 8.55. The average molecular weight is 360 g/mol. The minimum absolute atomic E-state index is 0.0187. The summed E-state index contributed by atoms with van der Waals surface area (Å²) in [5.74, 6) is -0.410. The van der Waals surface area contributed by atoms with Crippen LogP contribution in [0.5, 0.6) is 5.75 Å². The Morgan fingerprint density at radius 3 is 2.71 bits per heavy atom. The zero-order valence-corrected chi connectivity index (χ0v) is 14.2. The van der Waals surface area contributed by atoms with Crippen LogP contribution in [0.2, 0.25) is 5.02 Å². The number of carbonyl (C=O) groups is 1. The molecule has 0 fully saturated rings. The molecule has 122 valence electrons. The Morgan fingerprint density at radius 1 is 1.21 bits per heavy atom. The van der Waals surface area contributed by atoms with Crippen molar-refractivity contribution in [3.63, 3.8) is 0 Å². The summed E-state index contributed by atoms with van der Waals surface area (Å²) >= 11 is 7.32. The van der Waals surface area contributed by atoms with E-state index in [1.165, 1.54) is 22.3 Å². The molecule has 0 aliphatic rings. The van der Waals surface area contributed by atoms with Gasteiger partial charge in [0.1, 0.15) is 10.8 Å². The lowest BCUT2D eigenvalue weighted by Crippen LogP contribution is -2.02. The van der Waals surface area contributed by atoms with E-state index in [9.17, 15) is 4.79 Å². The third-order valence-electron chi connectivity index (χ3n) is 3.39. The van der Waals surface area contributed by atoms with Gasteiger partial charge in [-0.2, -0.15) is 0 Å². The predicted octanol–water partition coefficient (Wildman–Crippen LogP) is 4.78. The molecule has 0 spiro atoms. The van der Waals surface area contributed by atoms with Crippen LogP contribution in [0.3, 0.4) is 0 Å². The summed E-state index contributed by atoms with van der Waals surface area (Å²) in [6.45, 7) is 0.510. The van der Waals surface area contributed by atoms with Gasteiger partial charge in [0, 0.05) is 16.8 Å². The fourth-order valence-electron chi connectivity index (χ4n) is 2.21. The molecule has 0 aliphatic carbocycles. The summed E-state index contributed by atoms with van der Waals surface area (Å²) < 4.78 is 5.88. The van der Waals surface area contributed by atoms with Crippen LogP contribution in [0.15, 0.2) is 53.9 Å². The first-order chi connectivity index (χ1) is 11.6. The van der Waals surface area contributed by atoms with Crippen molar-refractivity contribution in [2.45, 2.75) is 6.42 Å². The molecule has 1 aromatic heterocycles. The number of aromatic nitrogens is 1. The van der Waals surface area contributed by atoms with Gasteiger partial charge in [-0.05, 0) is 23.8 Å². The van der Waals surface area contributed by atoms with Gasteiger partial charge >= 0.3 is 5.97 Å². The number of carboxylic acids is 1. The Morgan fingerprint density at radius 2 is 2.00 bits per heavy atom. The van der Waals surface area contributed by atoms with E-state index in [0.717, 1.165) is 6.42 Å². The summed E-state index contributed by atoms with van der Waals surface area (Å²) in [4.78, 5) is 15.1. The fourth-order valence-corrected chi connectivity index (χ4v) is 3.20. The summed E-state index contributed by atoms with van der Waals surface area (Å²) in [6, 6.07) is 15.3. The highest BCUT2D eigenvalue weighted by molar-refractivity contribution is 7.13. The number of carboxylic acid groups (broad SMARTS) is 1. The molecule has 4 nitrogen and oxygen atoms in total. The summed E-state index contributed by atoms with van der Waals surface area (Å²) in [5.41, 5.74) is 1.91. The van der Waals surface area contributed by atoms with Crippen LogP contribution in [-0.2, 0) is 6.42 Å². The van der Waals surface area contributed by atoms with Crippen molar-refractivity contribution in [3.8, 4) is 16.3 Å². The van der Waals surface area contributed by atoms with Gasteiger partial charge in [0.25, 0.3) is 0 Å². The molecular formula is C18H14ClNO3S. The SMILES string of the molecule is O=C(O)c1csc(-c2cc(Cl)ccc2OCCc2ccccc2)n1. The van der Waals surface area contributed by atoms with Gasteiger partial charge < -0.3 is 9.84 Å². The monoisotopic (exact) mass is 359 g/mol. The maximum atomic E-state index is 11.0. The molecule has 0 bridgehead atoms. The Balaban J connectivity index is 1.79. The van der Waals surface area contributed by atoms with Crippen LogP contribution in [0.4, 0.5) is 0 Å². The summed E-state index contributed by atoms with van der Waals surface area (Å²) in [7, 11) is 0. The number of aromatic carboxylic acids is 1. The first kappa shape index (κ1) is 16.5. The second kappa shape index (κ2) is 7.47. The molecule has 0 radical (unpaired) electrons. The number of hydrogen-bond acceptors (Lipinski definition) is 4. The number of rotatable bonds is 6. The lowest BCUT2D eigenvalue weighted by atomic mass is 10.1. The molecule has 24 heavy (non-hydrogen) atoms. The van der Waals surface area contributed by atoms with Crippen LogP contribution in [0.1, 0.15) is 16.1 Å². The highest BCUT2D eigenvalue weighted by atomic mass is 35.5. The maximum absolute atomic E-state index is 11.0. The van der Waals surface area contributed by atoms with E-state index in [0.29, 0.717) is 28.0 Å². The quantitative estimate of drug-likeness (QED) is 0.687. The molecule has 0 saturated carbocycles. The molecule has 1 heterocycles. The molecule has 3 aromatic rings. The van der Waals surface area contributed by atoms with Crippen molar-refractivity contribution >= 4 is 28.9 Å². The molecule has 0 atom stereocenters. The number of nitrogens with zero attached hydrogens (tertiary/aromatic N) is 1. The van der Waals surface area contributed by atoms with E-state index in [1.807, 2.05) is 30.3 Å². The zero-order chi connectivity index (χ0) is 16.9. The Kier molecular flexibility index (Phi) is 5.13. The minimum Gasteiger partial charge on any atom is -0.493 e. The number of hydrogen-bond donors (Lipinski definition) is 1. The third-order valence-corrected chi connectivity index (χ3v) is 4.50. The van der Waals surface area contributed by atoms with Crippen molar-refractivity contribution < 1.29 is 14.6 Å². The molecule has 0 unspecified atom stereocenters. The highest BCUT2D eigenvalue weighted by Crippen LogP contribution is 2.34. The van der Waals surface area contributed by atoms with E-state index in [2.05, 4.69) is 4.98 Å². The standard InChI is InChI=1S/C18H14ClNO3S/c19-13-6-7-16(23-9-8-12-4-2-1-3-5-12)14(10-13)17-20-15(11-24-17)18(21)22/h1-7,10-11H,8-9H2,(H,21,22). The van der Waals surface area contributed by atoms with E-state index < -0.39 is 5.97 Å². The zero-order valence-electron chi connectivity index (χ0n) is 12.6. The number of thiazole rings is 1.